The summed E-state index contributed by atoms with van der Waals surface area (Å²) >= 11 is 12.3. The largest absolute Gasteiger partial charge is 0.242 e. The van der Waals surface area contributed by atoms with Crippen LogP contribution >= 0.6 is 23.2 Å². The van der Waals surface area contributed by atoms with Crippen LogP contribution in [-0.4, -0.2) is 15.5 Å². The molecule has 1 fully saturated rings. The number of nitrogens with one attached hydrogen (secondary N) is 1. The second kappa shape index (κ2) is 7.21. The van der Waals surface area contributed by atoms with Gasteiger partial charge in [0.2, 0.25) is 0 Å². The molecule has 0 amide bonds. The summed E-state index contributed by atoms with van der Waals surface area (Å²) in [7, 11) is -1.06. The molecule has 22 heavy (non-hydrogen) atoms. The SMILES string of the molecule is CC(C)(C)S(=O)NCC1(c2ccc(Cl)c(Cl)c2)CCCCC1. The van der Waals surface area contributed by atoms with Gasteiger partial charge in [-0.2, -0.15) is 0 Å². The molecule has 1 aliphatic carbocycles. The minimum Gasteiger partial charge on any atom is -0.242 e. The van der Waals surface area contributed by atoms with Crippen LogP contribution in [0.5, 0.6) is 0 Å². The van der Waals surface area contributed by atoms with Crippen molar-refractivity contribution in [1.82, 2.24) is 4.72 Å². The zero-order chi connectivity index (χ0) is 16.4. The second-order valence-electron chi connectivity index (χ2n) is 7.17. The second-order valence-corrected chi connectivity index (χ2v) is 10.0. The Hall–Kier alpha value is -0.0900. The van der Waals surface area contributed by atoms with Crippen molar-refractivity contribution in [3.63, 3.8) is 0 Å². The summed E-state index contributed by atoms with van der Waals surface area (Å²) in [5, 5.41) is 1.18. The Bertz CT molecular complexity index is 548. The molecule has 0 aromatic heterocycles. The minimum absolute atomic E-state index is 0.00733. The van der Waals surface area contributed by atoms with Gasteiger partial charge in [0.15, 0.2) is 0 Å². The summed E-state index contributed by atoms with van der Waals surface area (Å²) in [6.07, 6.45) is 5.86. The zero-order valence-corrected chi connectivity index (χ0v) is 15.9. The smallest absolute Gasteiger partial charge is 0.0970 e. The predicted octanol–water partition coefficient (Wildman–Crippen LogP) is 5.25. The van der Waals surface area contributed by atoms with Crippen molar-refractivity contribution in [2.45, 2.75) is 63.0 Å². The van der Waals surface area contributed by atoms with Crippen molar-refractivity contribution in [3.8, 4) is 0 Å². The lowest BCUT2D eigenvalue weighted by molar-refractivity contribution is 0.293. The monoisotopic (exact) mass is 361 g/mol. The van der Waals surface area contributed by atoms with Gasteiger partial charge in [-0.1, -0.05) is 48.5 Å². The van der Waals surface area contributed by atoms with E-state index in [1.165, 1.54) is 24.8 Å². The van der Waals surface area contributed by atoms with Gasteiger partial charge >= 0.3 is 0 Å². The molecule has 2 nitrogen and oxygen atoms in total. The van der Waals surface area contributed by atoms with E-state index in [4.69, 9.17) is 23.2 Å². The topological polar surface area (TPSA) is 29.1 Å². The molecule has 1 aromatic carbocycles. The van der Waals surface area contributed by atoms with Crippen LogP contribution in [0.4, 0.5) is 0 Å². The lowest BCUT2D eigenvalue weighted by atomic mass is 9.69. The molecule has 0 spiro atoms. The van der Waals surface area contributed by atoms with Gasteiger partial charge in [0.1, 0.15) is 0 Å². The average molecular weight is 362 g/mol. The van der Waals surface area contributed by atoms with Crippen molar-refractivity contribution >= 4 is 34.2 Å². The van der Waals surface area contributed by atoms with Gasteiger partial charge < -0.3 is 0 Å². The van der Waals surface area contributed by atoms with E-state index in [-0.39, 0.29) is 10.2 Å². The number of benzene rings is 1. The van der Waals surface area contributed by atoms with E-state index >= 15 is 0 Å². The maximum Gasteiger partial charge on any atom is 0.0970 e. The molecule has 1 aliphatic rings. The molecule has 1 saturated carbocycles. The highest BCUT2D eigenvalue weighted by Gasteiger charge is 2.35. The maximum atomic E-state index is 12.4. The summed E-state index contributed by atoms with van der Waals surface area (Å²) in [6.45, 7) is 6.68. The molecule has 0 aliphatic heterocycles. The van der Waals surface area contributed by atoms with Gasteiger partial charge in [-0.3, -0.25) is 0 Å². The summed E-state index contributed by atoms with van der Waals surface area (Å²) in [5.41, 5.74) is 1.22. The molecule has 2 rings (SSSR count). The van der Waals surface area contributed by atoms with E-state index in [0.717, 1.165) is 19.4 Å². The Morgan fingerprint density at radius 2 is 1.77 bits per heavy atom. The summed E-state index contributed by atoms with van der Waals surface area (Å²) in [4.78, 5) is 0. The van der Waals surface area contributed by atoms with Crippen LogP contribution in [0.2, 0.25) is 10.0 Å². The molecule has 0 bridgehead atoms. The van der Waals surface area contributed by atoms with E-state index < -0.39 is 11.0 Å². The molecule has 1 aromatic rings. The van der Waals surface area contributed by atoms with Crippen LogP contribution < -0.4 is 4.72 Å². The fourth-order valence-corrected chi connectivity index (χ4v) is 4.18. The molecule has 0 saturated heterocycles. The third kappa shape index (κ3) is 4.25. The number of hydrogen-bond acceptors (Lipinski definition) is 1. The average Bonchev–Trinajstić information content (AvgIpc) is 2.47. The third-order valence-electron chi connectivity index (χ3n) is 4.44. The first-order valence-corrected chi connectivity index (χ1v) is 9.76. The molecule has 0 radical (unpaired) electrons. The Morgan fingerprint density at radius 1 is 1.14 bits per heavy atom. The van der Waals surface area contributed by atoms with E-state index in [1.54, 1.807) is 0 Å². The Morgan fingerprint density at radius 3 is 2.32 bits per heavy atom. The highest BCUT2D eigenvalue weighted by Crippen LogP contribution is 2.41. The van der Waals surface area contributed by atoms with Crippen LogP contribution in [0, 0.1) is 0 Å². The summed E-state index contributed by atoms with van der Waals surface area (Å²) in [6, 6.07) is 5.93. The van der Waals surface area contributed by atoms with Crippen LogP contribution in [0.25, 0.3) is 0 Å². The molecular weight excluding hydrogens is 337 g/mol. The highest BCUT2D eigenvalue weighted by molar-refractivity contribution is 7.84. The van der Waals surface area contributed by atoms with E-state index in [2.05, 4.69) is 10.8 Å². The van der Waals surface area contributed by atoms with Gasteiger partial charge in [0.25, 0.3) is 0 Å². The van der Waals surface area contributed by atoms with Gasteiger partial charge in [-0.15, -0.1) is 0 Å². The number of halogens is 2. The molecule has 1 atom stereocenters. The first-order chi connectivity index (χ1) is 10.2. The van der Waals surface area contributed by atoms with Gasteiger partial charge in [0.05, 0.1) is 25.8 Å². The lowest BCUT2D eigenvalue weighted by Gasteiger charge is -2.38. The van der Waals surface area contributed by atoms with E-state index in [0.29, 0.717) is 10.0 Å². The third-order valence-corrected chi connectivity index (χ3v) is 6.70. The van der Waals surface area contributed by atoms with Crippen molar-refractivity contribution in [1.29, 1.82) is 0 Å². The zero-order valence-electron chi connectivity index (χ0n) is 13.5. The van der Waals surface area contributed by atoms with Crippen LogP contribution in [0.15, 0.2) is 18.2 Å². The first kappa shape index (κ1) is 18.3. The Balaban J connectivity index is 2.24. The van der Waals surface area contributed by atoms with Gasteiger partial charge in [-0.25, -0.2) is 8.93 Å². The standard InChI is InChI=1S/C17H25Cl2NOS/c1-16(2,3)22(21)20-12-17(9-5-4-6-10-17)13-7-8-14(18)15(19)11-13/h7-8,11,20H,4-6,9-10,12H2,1-3H3. The summed E-state index contributed by atoms with van der Waals surface area (Å²) in [5.74, 6) is 0. The van der Waals surface area contributed by atoms with Crippen molar-refractivity contribution in [3.05, 3.63) is 33.8 Å². The van der Waals surface area contributed by atoms with Gasteiger partial charge in [-0.05, 0) is 51.3 Å². The first-order valence-electron chi connectivity index (χ1n) is 7.86. The maximum absolute atomic E-state index is 12.4. The van der Waals surface area contributed by atoms with E-state index in [1.807, 2.05) is 32.9 Å². The normalized spacial score (nSPS) is 19.9. The Labute approximate surface area is 146 Å². The number of hydrogen-bond donors (Lipinski definition) is 1. The van der Waals surface area contributed by atoms with Crippen molar-refractivity contribution in [2.75, 3.05) is 6.54 Å². The predicted molar refractivity (Wildman–Crippen MR) is 97.1 cm³/mol. The van der Waals surface area contributed by atoms with Crippen LogP contribution in [0.3, 0.4) is 0 Å². The quantitative estimate of drug-likeness (QED) is 0.779. The van der Waals surface area contributed by atoms with E-state index in [9.17, 15) is 4.21 Å². The minimum atomic E-state index is -1.06. The lowest BCUT2D eigenvalue weighted by Crippen LogP contribution is -2.44. The van der Waals surface area contributed by atoms with Crippen LogP contribution in [-0.2, 0) is 16.4 Å². The molecule has 1 unspecified atom stereocenters. The molecule has 1 N–H and O–H groups in total. The fourth-order valence-electron chi connectivity index (χ4n) is 3.04. The molecule has 0 heterocycles. The molecule has 124 valence electrons. The molecule has 5 heteroatoms. The van der Waals surface area contributed by atoms with Crippen LogP contribution in [0.1, 0.15) is 58.4 Å². The van der Waals surface area contributed by atoms with Gasteiger partial charge in [0, 0.05) is 12.0 Å². The Kier molecular flexibility index (Phi) is 5.98. The highest BCUT2D eigenvalue weighted by atomic mass is 35.5. The summed E-state index contributed by atoms with van der Waals surface area (Å²) < 4.78 is 15.4. The fraction of sp³-hybridized carbons (Fsp3) is 0.647. The molecular formula is C17H25Cl2NOS. The van der Waals surface area contributed by atoms with Crippen molar-refractivity contribution < 1.29 is 4.21 Å². The van der Waals surface area contributed by atoms with Crippen molar-refractivity contribution in [2.24, 2.45) is 0 Å². The number of rotatable bonds is 4.